The second-order valence-corrected chi connectivity index (χ2v) is 31.3. The molecule has 0 saturated carbocycles. The number of aliphatic hydroxyl groups is 1. The van der Waals surface area contributed by atoms with Crippen LogP contribution in [0, 0.1) is 5.82 Å². The average molecular weight is 1590 g/mol. The topological polar surface area (TPSA) is 385 Å². The highest BCUT2D eigenvalue weighted by molar-refractivity contribution is 6.00. The maximum atomic E-state index is 16.2. The molecule has 0 unspecified atom stereocenters. The Hall–Kier alpha value is -10.7. The number of nitrogens with zero attached hydrogens (tertiary/aromatic N) is 5. The predicted octanol–water partition coefficient (Wildman–Crippen LogP) is 1.20. The molecular formula is C83H110FN14O17+. The van der Waals surface area contributed by atoms with Crippen LogP contribution in [-0.4, -0.2) is 260 Å². The molecule has 6 aliphatic heterocycles. The number of nitrogens with one attached hydrogen (secondary N) is 9. The monoisotopic (exact) mass is 1590 g/mol. The van der Waals surface area contributed by atoms with Crippen molar-refractivity contribution < 1.29 is 90.5 Å². The number of amides is 12. The first-order valence-electron chi connectivity index (χ1n) is 39.5. The van der Waals surface area contributed by atoms with Crippen molar-refractivity contribution in [1.82, 2.24) is 67.1 Å². The molecule has 31 nitrogen and oxygen atoms in total. The molecule has 10 atom stereocenters. The zero-order valence-electron chi connectivity index (χ0n) is 66.6. The molecule has 2 fully saturated rings. The number of likely N-dealkylation sites (N-methyl/N-ethyl adjacent to an activating group) is 1. The van der Waals surface area contributed by atoms with Crippen LogP contribution >= 0.6 is 0 Å². The molecule has 5 aromatic rings. The number of aliphatic hydroxyl groups excluding tert-OH is 1. The van der Waals surface area contributed by atoms with E-state index in [9.17, 15) is 33.9 Å². The van der Waals surface area contributed by atoms with Gasteiger partial charge in [0.2, 0.25) is 70.9 Å². The SMILES string of the molecule is COc1ccc(C[C@@H]2NC(=O)[C@H]([C@@H](C)O)NC(=O)[C@@H]3[C@@H]4CCN3C(=O)[C@@H]3Cc5cn(c6ccc(F)cc56)C/C=C/CCCN(Cc5ccc(cc5)CCNC(=O)[C@]5(C)CCCN5C2=O)C(=O)CCC(=O)N[C@@H](C)C(=O)N[C@H](CNC(=O)CCOCCOCC[N+](C)(C)C)C(=O)N[C@@H](Cc2cccc(c2)CNC(=O)CO4)C(=O)N3)cc1. The number of halogens is 1. The maximum Gasteiger partial charge on any atom is 0.246 e. The fourth-order valence-corrected chi connectivity index (χ4v) is 14.8. The third-order valence-electron chi connectivity index (χ3n) is 21.5. The van der Waals surface area contributed by atoms with Gasteiger partial charge in [-0.15, -0.1) is 0 Å². The number of hydrogen-bond donors (Lipinski definition) is 10. The lowest BCUT2D eigenvalue weighted by molar-refractivity contribution is -0.870. The van der Waals surface area contributed by atoms with Crippen molar-refractivity contribution in [3.05, 3.63) is 149 Å². The minimum Gasteiger partial charge on any atom is -0.497 e. The van der Waals surface area contributed by atoms with Gasteiger partial charge in [0.15, 0.2) is 0 Å². The Morgan fingerprint density at radius 1 is 0.704 bits per heavy atom. The van der Waals surface area contributed by atoms with Crippen molar-refractivity contribution in [2.45, 2.75) is 177 Å². The van der Waals surface area contributed by atoms with Crippen LogP contribution in [0.5, 0.6) is 5.75 Å². The molecule has 0 radical (unpaired) electrons. The summed E-state index contributed by atoms with van der Waals surface area (Å²) >= 11 is 0. The van der Waals surface area contributed by atoms with E-state index in [2.05, 4.69) is 47.9 Å². The molecule has 32 heteroatoms. The van der Waals surface area contributed by atoms with Crippen molar-refractivity contribution >= 4 is 81.8 Å². The fraction of sp³-hybridized carbons (Fsp3) is 0.518. The fourth-order valence-electron chi connectivity index (χ4n) is 14.8. The van der Waals surface area contributed by atoms with E-state index >= 15 is 33.2 Å². The Kier molecular flexibility index (Phi) is 30.6. The number of ether oxygens (including phenoxy) is 4. The van der Waals surface area contributed by atoms with Crippen LogP contribution in [0.2, 0.25) is 0 Å². The summed E-state index contributed by atoms with van der Waals surface area (Å²) in [6, 6.07) is 13.6. The molecule has 12 bridgehead atoms. The number of carbonyl (C=O) groups excluding carboxylic acids is 12. The summed E-state index contributed by atoms with van der Waals surface area (Å²) in [6.45, 7) is 5.17. The number of carbonyl (C=O) groups is 12. The van der Waals surface area contributed by atoms with Crippen LogP contribution in [0.4, 0.5) is 4.39 Å². The Balaban J connectivity index is 1.07. The number of allylic oxidation sites excluding steroid dienone is 2. The highest BCUT2D eigenvalue weighted by atomic mass is 19.1. The van der Waals surface area contributed by atoms with E-state index in [1.165, 1.54) is 38.0 Å². The summed E-state index contributed by atoms with van der Waals surface area (Å²) in [4.78, 5) is 183. The molecule has 2 saturated heterocycles. The number of aromatic nitrogens is 1. The standard InChI is InChI=1S/C83H109FN14O17/c1-52-75(104)92-66(48-87-69(100)30-38-113-40-41-114-39-37-98(4,5)6)77(106)89-63-44-57-14-12-15-58(42-57)47-86-71(102)51-115-68-29-36-96-74(68)79(108)93-73(53(2)99)78(107)91-64(43-55-20-23-61(112-7)24-21-55)81(110)97-35-13-31-83(97,3)82(111)85-32-28-54-16-18-56(19-17-54)49-95(72(103)27-26-70(101)88-52)34-11-9-8-10-33-94-50-59(45-65(80(96)109)90-76(63)105)62-46-60(84)22-25-67(62)94/h8,10,12,14-25,42,46,50,52-53,63-66,68,73-74,99H,9,11,13,26-41,43-45,47-49,51H2,1-7H3,(H8-,85,86,87,88,89,90,91,92,93,100,101,102,104,105,106,107,108,111)/p+1/b10-8+/t52-,53+,63-,64-,65-,66+,68-,73-,74-,83-/m0/s1. The lowest BCUT2D eigenvalue weighted by Crippen LogP contribution is -2.64. The van der Waals surface area contributed by atoms with Gasteiger partial charge in [0, 0.05) is 108 Å². The third-order valence-corrected chi connectivity index (χ3v) is 21.5. The maximum absolute atomic E-state index is 16.2. The minimum absolute atomic E-state index is 0.0462. The van der Waals surface area contributed by atoms with Crippen LogP contribution in [-0.2, 0) is 117 Å². The normalized spacial score (nSPS) is 24.7. The third kappa shape index (κ3) is 24.2. The molecule has 620 valence electrons. The van der Waals surface area contributed by atoms with Crippen LogP contribution < -0.4 is 52.6 Å². The van der Waals surface area contributed by atoms with Gasteiger partial charge in [-0.3, -0.25) is 57.5 Å². The number of fused-ring (bicyclic) bond motifs is 16. The van der Waals surface area contributed by atoms with E-state index < -0.39 is 150 Å². The summed E-state index contributed by atoms with van der Waals surface area (Å²) in [5, 5.41) is 36.9. The first-order valence-corrected chi connectivity index (χ1v) is 39.5. The van der Waals surface area contributed by atoms with Gasteiger partial charge >= 0.3 is 0 Å². The van der Waals surface area contributed by atoms with Crippen molar-refractivity contribution in [2.75, 3.05) is 101 Å². The Morgan fingerprint density at radius 3 is 2.18 bits per heavy atom. The van der Waals surface area contributed by atoms with Gasteiger partial charge in [-0.05, 0) is 123 Å². The molecule has 10 N–H and O–H groups in total. The van der Waals surface area contributed by atoms with Crippen molar-refractivity contribution in [1.29, 1.82) is 0 Å². The van der Waals surface area contributed by atoms with Gasteiger partial charge in [0.1, 0.15) is 72.6 Å². The van der Waals surface area contributed by atoms with E-state index in [0.29, 0.717) is 75.7 Å². The van der Waals surface area contributed by atoms with Crippen LogP contribution in [0.25, 0.3) is 10.9 Å². The number of benzene rings is 4. The molecule has 6 aliphatic rings. The quantitative estimate of drug-likeness (QED) is 0.0400. The largest absolute Gasteiger partial charge is 0.497 e. The second-order valence-electron chi connectivity index (χ2n) is 31.3. The number of methoxy groups -OCH3 is 1. The lowest BCUT2D eigenvalue weighted by atomic mass is 9.95. The predicted molar refractivity (Wildman–Crippen MR) is 421 cm³/mol. The first kappa shape index (κ1) is 86.7. The first-order chi connectivity index (χ1) is 55.0. The molecule has 0 aliphatic carbocycles. The summed E-state index contributed by atoms with van der Waals surface area (Å²) in [6.07, 6.45) is 2.68. The molecule has 115 heavy (non-hydrogen) atoms. The van der Waals surface area contributed by atoms with Gasteiger partial charge < -0.3 is 95.7 Å². The second kappa shape index (κ2) is 40.6. The summed E-state index contributed by atoms with van der Waals surface area (Å²) in [5.74, 6) is -9.46. The highest BCUT2D eigenvalue weighted by Crippen LogP contribution is 2.32. The molecule has 7 heterocycles. The number of quaternary nitrogens is 1. The van der Waals surface area contributed by atoms with Gasteiger partial charge in [-0.2, -0.15) is 0 Å². The smallest absolute Gasteiger partial charge is 0.246 e. The summed E-state index contributed by atoms with van der Waals surface area (Å²) in [7, 11) is 7.59. The van der Waals surface area contributed by atoms with E-state index in [0.717, 1.165) is 22.6 Å². The van der Waals surface area contributed by atoms with Gasteiger partial charge in [-0.1, -0.05) is 72.8 Å². The van der Waals surface area contributed by atoms with Gasteiger partial charge in [0.25, 0.3) is 0 Å². The minimum atomic E-state index is -1.87. The van der Waals surface area contributed by atoms with E-state index in [1.807, 2.05) is 62.1 Å². The summed E-state index contributed by atoms with van der Waals surface area (Å²) < 4.78 is 41.4. The number of rotatable bonds is 15. The summed E-state index contributed by atoms with van der Waals surface area (Å²) in [5.41, 5.74) is 2.55. The Bertz CT molecular complexity index is 4340. The molecule has 11 rings (SSSR count). The zero-order chi connectivity index (χ0) is 82.5. The van der Waals surface area contributed by atoms with E-state index in [4.69, 9.17) is 18.9 Å². The number of hydrogen-bond acceptors (Lipinski definition) is 17. The van der Waals surface area contributed by atoms with Gasteiger partial charge in [0.05, 0.1) is 66.9 Å². The van der Waals surface area contributed by atoms with Crippen LogP contribution in [0.15, 0.2) is 109 Å². The molecule has 0 spiro atoms. The Morgan fingerprint density at radius 2 is 1.43 bits per heavy atom. The van der Waals surface area contributed by atoms with E-state index in [1.54, 1.807) is 72.6 Å². The molecule has 4 aromatic carbocycles. The van der Waals surface area contributed by atoms with Crippen LogP contribution in [0.3, 0.4) is 0 Å². The van der Waals surface area contributed by atoms with Crippen LogP contribution in [0.1, 0.15) is 106 Å². The highest BCUT2D eigenvalue weighted by Gasteiger charge is 2.50. The van der Waals surface area contributed by atoms with Gasteiger partial charge in [-0.25, -0.2) is 4.39 Å². The lowest BCUT2D eigenvalue weighted by Gasteiger charge is -2.37. The molecule has 12 amide bonds. The Labute approximate surface area is 668 Å². The molecule has 1 aromatic heterocycles. The average Bonchev–Trinajstić information content (AvgIpc) is 1.67. The molecular weight excluding hydrogens is 1480 g/mol. The zero-order valence-corrected chi connectivity index (χ0v) is 66.6. The van der Waals surface area contributed by atoms with Crippen molar-refractivity contribution in [3.63, 3.8) is 0 Å². The van der Waals surface area contributed by atoms with Crippen molar-refractivity contribution in [2.24, 2.45) is 0 Å². The van der Waals surface area contributed by atoms with E-state index in [-0.39, 0.29) is 116 Å². The van der Waals surface area contributed by atoms with Crippen molar-refractivity contribution in [3.8, 4) is 5.75 Å².